The molecule has 3 atom stereocenters. The molecule has 2 aromatic rings. The topological polar surface area (TPSA) is 79.0 Å². The van der Waals surface area contributed by atoms with E-state index in [0.717, 1.165) is 18.5 Å². The summed E-state index contributed by atoms with van der Waals surface area (Å²) >= 11 is 6.04. The average molecular weight is 333 g/mol. The second-order valence-electron chi connectivity index (χ2n) is 6.02. The second-order valence-corrected chi connectivity index (χ2v) is 6.39. The average Bonchev–Trinajstić information content (AvgIpc) is 3.25. The summed E-state index contributed by atoms with van der Waals surface area (Å²) in [6.07, 6.45) is 1.50. The van der Waals surface area contributed by atoms with Crippen LogP contribution >= 0.6 is 11.6 Å². The molecule has 7 heteroatoms. The van der Waals surface area contributed by atoms with E-state index in [1.165, 1.54) is 0 Å². The number of fused-ring (bicyclic) bond motifs is 2. The molecule has 2 fully saturated rings. The fourth-order valence-electron chi connectivity index (χ4n) is 3.19. The fraction of sp³-hybridized carbons (Fsp3) is 0.375. The molecule has 2 aliphatic heterocycles. The Morgan fingerprint density at radius 3 is 2.74 bits per heavy atom. The van der Waals surface area contributed by atoms with E-state index in [1.807, 2.05) is 24.3 Å². The summed E-state index contributed by atoms with van der Waals surface area (Å²) in [4.78, 5) is 12.2. The first-order valence-corrected chi connectivity index (χ1v) is 8.00. The van der Waals surface area contributed by atoms with Gasteiger partial charge in [-0.05, 0) is 31.0 Å². The number of aryl methyl sites for hydroxylation is 1. The molecule has 3 heterocycles. The van der Waals surface area contributed by atoms with Crippen LogP contribution in [0.1, 0.15) is 34.3 Å². The zero-order chi connectivity index (χ0) is 16.0. The third kappa shape index (κ3) is 2.63. The maximum Gasteiger partial charge on any atom is 0.277 e. The molecule has 0 saturated carbocycles. The highest BCUT2D eigenvalue weighted by atomic mass is 35.5. The van der Waals surface area contributed by atoms with Gasteiger partial charge in [0.1, 0.15) is 0 Å². The number of hydrogen-bond donors (Lipinski definition) is 3. The minimum Gasteiger partial charge on any atom is -0.367 e. The molecule has 0 spiro atoms. The van der Waals surface area contributed by atoms with Crippen LogP contribution in [0.5, 0.6) is 0 Å². The van der Waals surface area contributed by atoms with Gasteiger partial charge in [-0.15, -0.1) is 0 Å². The molecule has 1 amide bonds. The molecule has 3 N–H and O–H groups in total. The van der Waals surface area contributed by atoms with Crippen molar-refractivity contribution >= 4 is 23.2 Å². The van der Waals surface area contributed by atoms with Crippen molar-refractivity contribution in [1.29, 1.82) is 0 Å². The van der Waals surface area contributed by atoms with E-state index in [0.29, 0.717) is 28.5 Å². The summed E-state index contributed by atoms with van der Waals surface area (Å²) in [7, 11) is 0. The standard InChI is InChI=1S/C16H17ClN4O2/c1-8-13(17)14(21-20-8)16(22)19-10-4-2-9(3-5-10)15-12-6-11(23-15)7-18-12/h2-5,11-12,15,18H,6-7H2,1H3,(H,19,22)(H,20,21)/t11-,12-,15+/m0/s1. The van der Waals surface area contributed by atoms with Crippen molar-refractivity contribution in [2.24, 2.45) is 0 Å². The van der Waals surface area contributed by atoms with Gasteiger partial charge in [0.15, 0.2) is 5.69 Å². The molecule has 2 bridgehead atoms. The second kappa shape index (κ2) is 5.63. The summed E-state index contributed by atoms with van der Waals surface area (Å²) < 4.78 is 5.97. The number of morpholine rings is 1. The van der Waals surface area contributed by atoms with Crippen molar-refractivity contribution < 1.29 is 9.53 Å². The van der Waals surface area contributed by atoms with Gasteiger partial charge in [-0.2, -0.15) is 5.10 Å². The van der Waals surface area contributed by atoms with E-state index in [4.69, 9.17) is 16.3 Å². The van der Waals surface area contributed by atoms with Crippen LogP contribution in [0.4, 0.5) is 5.69 Å². The van der Waals surface area contributed by atoms with Gasteiger partial charge in [0.2, 0.25) is 0 Å². The summed E-state index contributed by atoms with van der Waals surface area (Å²) in [6.45, 7) is 2.71. The molecule has 23 heavy (non-hydrogen) atoms. The molecule has 0 radical (unpaired) electrons. The molecular formula is C16H17ClN4O2. The number of amides is 1. The molecule has 1 aromatic carbocycles. The lowest BCUT2D eigenvalue weighted by molar-refractivity contribution is 0.0160. The Morgan fingerprint density at radius 1 is 1.39 bits per heavy atom. The highest BCUT2D eigenvalue weighted by molar-refractivity contribution is 6.34. The Labute approximate surface area is 138 Å². The largest absolute Gasteiger partial charge is 0.367 e. The number of H-pyrrole nitrogens is 1. The fourth-order valence-corrected chi connectivity index (χ4v) is 3.36. The third-order valence-electron chi connectivity index (χ3n) is 4.41. The van der Waals surface area contributed by atoms with Crippen molar-refractivity contribution in [2.75, 3.05) is 11.9 Å². The first-order valence-electron chi connectivity index (χ1n) is 7.62. The molecule has 2 saturated heterocycles. The first kappa shape index (κ1) is 14.7. The van der Waals surface area contributed by atoms with Crippen LogP contribution in [0.3, 0.4) is 0 Å². The lowest BCUT2D eigenvalue weighted by atomic mass is 10.0. The number of hydrogen-bond acceptors (Lipinski definition) is 4. The van der Waals surface area contributed by atoms with Crippen LogP contribution in [0.2, 0.25) is 5.02 Å². The van der Waals surface area contributed by atoms with Crippen LogP contribution in [0, 0.1) is 6.92 Å². The van der Waals surface area contributed by atoms with Crippen LogP contribution in [-0.2, 0) is 4.74 Å². The number of nitrogens with zero attached hydrogens (tertiary/aromatic N) is 1. The van der Waals surface area contributed by atoms with Gasteiger partial charge < -0.3 is 15.4 Å². The van der Waals surface area contributed by atoms with Crippen molar-refractivity contribution in [1.82, 2.24) is 15.5 Å². The number of rotatable bonds is 3. The van der Waals surface area contributed by atoms with Crippen LogP contribution < -0.4 is 10.6 Å². The Bertz CT molecular complexity index is 743. The summed E-state index contributed by atoms with van der Waals surface area (Å²) in [5.74, 6) is -0.329. The van der Waals surface area contributed by atoms with E-state index in [2.05, 4.69) is 20.8 Å². The Hall–Kier alpha value is -1.89. The molecule has 0 aliphatic carbocycles. The lowest BCUT2D eigenvalue weighted by Gasteiger charge is -2.23. The van der Waals surface area contributed by atoms with Gasteiger partial charge in [-0.3, -0.25) is 9.89 Å². The SMILES string of the molecule is Cc1[nH]nc(C(=O)Nc2ccc([C@H]3O[C@@H]4CN[C@H]3C4)cc2)c1Cl. The normalized spacial score (nSPS) is 25.7. The number of anilines is 1. The predicted octanol–water partition coefficient (Wildman–Crippen LogP) is 2.43. The Kier molecular flexibility index (Phi) is 3.60. The van der Waals surface area contributed by atoms with Gasteiger partial charge in [0.25, 0.3) is 5.91 Å². The number of carbonyl (C=O) groups is 1. The van der Waals surface area contributed by atoms with Crippen LogP contribution in [0.15, 0.2) is 24.3 Å². The van der Waals surface area contributed by atoms with Gasteiger partial charge >= 0.3 is 0 Å². The van der Waals surface area contributed by atoms with Crippen molar-refractivity contribution in [3.63, 3.8) is 0 Å². The van der Waals surface area contributed by atoms with Gasteiger partial charge in [-0.1, -0.05) is 23.7 Å². The number of aromatic amines is 1. The van der Waals surface area contributed by atoms with E-state index >= 15 is 0 Å². The minimum atomic E-state index is -0.329. The Balaban J connectivity index is 1.46. The maximum atomic E-state index is 12.2. The van der Waals surface area contributed by atoms with E-state index in [-0.39, 0.29) is 17.7 Å². The van der Waals surface area contributed by atoms with Gasteiger partial charge in [0, 0.05) is 18.3 Å². The smallest absolute Gasteiger partial charge is 0.277 e. The lowest BCUT2D eigenvalue weighted by Crippen LogP contribution is -2.33. The summed E-state index contributed by atoms with van der Waals surface area (Å²) in [5.41, 5.74) is 2.70. The highest BCUT2D eigenvalue weighted by Crippen LogP contribution is 2.37. The highest BCUT2D eigenvalue weighted by Gasteiger charge is 2.41. The number of nitrogens with one attached hydrogen (secondary N) is 3. The summed E-state index contributed by atoms with van der Waals surface area (Å²) in [6, 6.07) is 8.11. The molecule has 6 nitrogen and oxygen atoms in total. The first-order chi connectivity index (χ1) is 11.1. The number of aromatic nitrogens is 2. The van der Waals surface area contributed by atoms with Crippen molar-refractivity contribution in [2.45, 2.75) is 31.6 Å². The molecule has 0 unspecified atom stereocenters. The number of ether oxygens (including phenoxy) is 1. The Morgan fingerprint density at radius 2 is 2.17 bits per heavy atom. The number of halogens is 1. The van der Waals surface area contributed by atoms with E-state index in [9.17, 15) is 4.79 Å². The zero-order valence-corrected chi connectivity index (χ0v) is 13.4. The van der Waals surface area contributed by atoms with Crippen LogP contribution in [-0.4, -0.2) is 34.8 Å². The zero-order valence-electron chi connectivity index (χ0n) is 12.6. The molecular weight excluding hydrogens is 316 g/mol. The number of benzene rings is 1. The molecule has 1 aromatic heterocycles. The summed E-state index contributed by atoms with van der Waals surface area (Å²) in [5, 5.41) is 13.2. The molecule has 4 rings (SSSR count). The van der Waals surface area contributed by atoms with Crippen molar-refractivity contribution in [3.05, 3.63) is 46.2 Å². The quantitative estimate of drug-likeness (QED) is 0.806. The number of carbonyl (C=O) groups excluding carboxylic acids is 1. The van der Waals surface area contributed by atoms with Crippen LogP contribution in [0.25, 0.3) is 0 Å². The molecule has 120 valence electrons. The molecule has 2 aliphatic rings. The van der Waals surface area contributed by atoms with Gasteiger partial charge in [-0.25, -0.2) is 0 Å². The third-order valence-corrected chi connectivity index (χ3v) is 4.88. The predicted molar refractivity (Wildman–Crippen MR) is 86.8 cm³/mol. The van der Waals surface area contributed by atoms with Crippen molar-refractivity contribution in [3.8, 4) is 0 Å². The van der Waals surface area contributed by atoms with Gasteiger partial charge in [0.05, 0.1) is 22.9 Å². The maximum absolute atomic E-state index is 12.2. The van der Waals surface area contributed by atoms with E-state index < -0.39 is 0 Å². The minimum absolute atomic E-state index is 0.0990. The monoisotopic (exact) mass is 332 g/mol. The van der Waals surface area contributed by atoms with E-state index in [1.54, 1.807) is 6.92 Å².